The minimum atomic E-state index is -5.34. The highest BCUT2D eigenvalue weighted by molar-refractivity contribution is 7.87. The summed E-state index contributed by atoms with van der Waals surface area (Å²) in [5.74, 6) is 0.861. The van der Waals surface area contributed by atoms with E-state index in [1.807, 2.05) is 18.2 Å². The molecular weight excluding hydrogens is 475 g/mol. The molecule has 0 aliphatic heterocycles. The molecule has 0 saturated carbocycles. The number of aromatic nitrogens is 1. The van der Waals surface area contributed by atoms with Crippen molar-refractivity contribution in [3.63, 3.8) is 0 Å². The van der Waals surface area contributed by atoms with E-state index >= 15 is 0 Å². The Kier molecular flexibility index (Phi) is 7.96. The molecule has 0 aliphatic carbocycles. The molecule has 3 rings (SSSR count). The van der Waals surface area contributed by atoms with E-state index in [1.54, 1.807) is 18.4 Å². The zero-order valence-corrected chi connectivity index (χ0v) is 19.9. The van der Waals surface area contributed by atoms with Crippen LogP contribution in [0.1, 0.15) is 17.5 Å². The molecule has 0 N–H and O–H groups in total. The minimum absolute atomic E-state index is 0.447. The summed E-state index contributed by atoms with van der Waals surface area (Å²) < 4.78 is 65.1. The van der Waals surface area contributed by atoms with Crippen LogP contribution in [0.5, 0.6) is 5.75 Å². The quantitative estimate of drug-likeness (QED) is 0.266. The van der Waals surface area contributed by atoms with Gasteiger partial charge in [-0.25, -0.2) is 0 Å². The summed E-state index contributed by atoms with van der Waals surface area (Å²) in [7, 11) is -3.18. The van der Waals surface area contributed by atoms with Gasteiger partial charge in [-0.15, -0.1) is 0 Å². The predicted molar refractivity (Wildman–Crippen MR) is 116 cm³/mol. The maximum Gasteiger partial charge on any atom is 0.523 e. The standard InChI is InChI=1S/C18H19ClNOS.C2H3F3O3S/c1-5-20-12(3)22-16-9-8-15(21-4)17(18(16)20)13-10-11(2)6-7-14(13)19;1-8-9(6,7)2(3,4)5/h6-10H,5H2,1-4H3;1H3/q+1;. The summed E-state index contributed by atoms with van der Waals surface area (Å²) >= 11 is 8.31. The number of halogens is 4. The third kappa shape index (κ3) is 5.31. The maximum absolute atomic E-state index is 11.1. The molecule has 0 bridgehead atoms. The average molecular weight is 497 g/mol. The van der Waals surface area contributed by atoms with Crippen LogP contribution in [0.2, 0.25) is 5.02 Å². The Morgan fingerprint density at radius 2 is 1.77 bits per heavy atom. The first-order valence-corrected chi connectivity index (χ1v) is 11.6. The first-order valence-electron chi connectivity index (χ1n) is 9.01. The molecule has 0 radical (unpaired) electrons. The van der Waals surface area contributed by atoms with Gasteiger partial charge in [0.15, 0.2) is 0 Å². The van der Waals surface area contributed by atoms with Gasteiger partial charge >= 0.3 is 15.6 Å². The summed E-state index contributed by atoms with van der Waals surface area (Å²) in [6, 6.07) is 10.3. The lowest BCUT2D eigenvalue weighted by Gasteiger charge is -2.11. The van der Waals surface area contributed by atoms with Gasteiger partial charge in [0.1, 0.15) is 17.0 Å². The summed E-state index contributed by atoms with van der Waals surface area (Å²) in [4.78, 5) is 0. The van der Waals surface area contributed by atoms with Crippen LogP contribution in [0.15, 0.2) is 30.3 Å². The molecule has 0 fully saturated rings. The van der Waals surface area contributed by atoms with Crippen LogP contribution in [0.4, 0.5) is 13.2 Å². The molecule has 5 nitrogen and oxygen atoms in total. The van der Waals surface area contributed by atoms with E-state index in [0.717, 1.165) is 28.4 Å². The monoisotopic (exact) mass is 496 g/mol. The molecule has 0 spiro atoms. The van der Waals surface area contributed by atoms with E-state index in [0.29, 0.717) is 7.11 Å². The highest BCUT2D eigenvalue weighted by Gasteiger charge is 2.46. The SMILES string of the molecule is CC[n+]1c(C)sc2ccc(OC)c(-c3cc(C)ccc3Cl)c21.COS(=O)(=O)C(F)(F)F. The normalized spacial score (nSPS) is 11.9. The lowest BCUT2D eigenvalue weighted by Crippen LogP contribution is -2.33. The Balaban J connectivity index is 0.000000323. The summed E-state index contributed by atoms with van der Waals surface area (Å²) in [6.07, 6.45) is 0. The van der Waals surface area contributed by atoms with Crippen molar-refractivity contribution >= 4 is 43.3 Å². The number of methoxy groups -OCH3 is 1. The Hall–Kier alpha value is -1.88. The second-order valence-electron chi connectivity index (χ2n) is 6.40. The molecule has 2 aromatic carbocycles. The van der Waals surface area contributed by atoms with Gasteiger partial charge in [-0.3, -0.25) is 4.18 Å². The van der Waals surface area contributed by atoms with Gasteiger partial charge in [0, 0.05) is 17.5 Å². The van der Waals surface area contributed by atoms with Crippen molar-refractivity contribution in [1.29, 1.82) is 0 Å². The smallest absolute Gasteiger partial charge is 0.496 e. The van der Waals surface area contributed by atoms with Gasteiger partial charge in [0.05, 0.1) is 19.8 Å². The maximum atomic E-state index is 11.1. The fourth-order valence-electron chi connectivity index (χ4n) is 3.01. The van der Waals surface area contributed by atoms with Crippen LogP contribution in [0, 0.1) is 13.8 Å². The van der Waals surface area contributed by atoms with E-state index in [9.17, 15) is 21.6 Å². The summed E-state index contributed by atoms with van der Waals surface area (Å²) in [5, 5.41) is 2.04. The number of thiazole rings is 1. The second-order valence-corrected chi connectivity index (χ2v) is 9.75. The first-order chi connectivity index (χ1) is 14.4. The summed E-state index contributed by atoms with van der Waals surface area (Å²) in [5.41, 5.74) is -0.795. The van der Waals surface area contributed by atoms with Crippen LogP contribution < -0.4 is 9.30 Å². The number of benzene rings is 2. The number of ether oxygens (including phenoxy) is 1. The fourth-order valence-corrected chi connectivity index (χ4v) is 4.51. The van der Waals surface area contributed by atoms with Crippen molar-refractivity contribution in [3.8, 4) is 16.9 Å². The minimum Gasteiger partial charge on any atom is -0.496 e. The van der Waals surface area contributed by atoms with E-state index in [2.05, 4.69) is 41.7 Å². The highest BCUT2D eigenvalue weighted by atomic mass is 35.5. The van der Waals surface area contributed by atoms with Crippen LogP contribution in [-0.2, 0) is 20.8 Å². The van der Waals surface area contributed by atoms with Crippen molar-refractivity contribution in [2.24, 2.45) is 0 Å². The Morgan fingerprint density at radius 3 is 2.26 bits per heavy atom. The van der Waals surface area contributed by atoms with Gasteiger partial charge in [-0.2, -0.15) is 26.2 Å². The molecule has 1 aromatic heterocycles. The highest BCUT2D eigenvalue weighted by Crippen LogP contribution is 2.41. The van der Waals surface area contributed by atoms with E-state index in [-0.39, 0.29) is 0 Å². The lowest BCUT2D eigenvalue weighted by molar-refractivity contribution is -0.669. The van der Waals surface area contributed by atoms with Crippen LogP contribution >= 0.6 is 22.9 Å². The Bertz CT molecular complexity index is 1190. The molecule has 31 heavy (non-hydrogen) atoms. The Labute approximate surface area is 188 Å². The van der Waals surface area contributed by atoms with Crippen LogP contribution in [0.25, 0.3) is 21.3 Å². The zero-order valence-electron chi connectivity index (χ0n) is 17.5. The van der Waals surface area contributed by atoms with Gasteiger partial charge in [-0.05, 0) is 38.1 Å². The van der Waals surface area contributed by atoms with E-state index < -0.39 is 15.6 Å². The van der Waals surface area contributed by atoms with E-state index in [4.69, 9.17) is 16.3 Å². The van der Waals surface area contributed by atoms with Crippen molar-refractivity contribution in [2.45, 2.75) is 32.8 Å². The topological polar surface area (TPSA) is 56.5 Å². The van der Waals surface area contributed by atoms with Crippen LogP contribution in [-0.4, -0.2) is 28.1 Å². The molecular formula is C20H22ClF3NO4S2+. The van der Waals surface area contributed by atoms with Crippen molar-refractivity contribution < 1.29 is 35.1 Å². The number of hydrogen-bond acceptors (Lipinski definition) is 5. The van der Waals surface area contributed by atoms with Gasteiger partial charge < -0.3 is 4.74 Å². The largest absolute Gasteiger partial charge is 0.523 e. The first kappa shape index (κ1) is 25.4. The van der Waals surface area contributed by atoms with Crippen molar-refractivity contribution in [3.05, 3.63) is 45.9 Å². The third-order valence-corrected chi connectivity index (χ3v) is 6.84. The third-order valence-electron chi connectivity index (χ3n) is 4.44. The number of hydrogen-bond donors (Lipinski definition) is 0. The second kappa shape index (κ2) is 9.72. The molecule has 1 heterocycles. The predicted octanol–water partition coefficient (Wildman–Crippen LogP) is 5.64. The lowest BCUT2D eigenvalue weighted by atomic mass is 10.0. The molecule has 11 heteroatoms. The Morgan fingerprint density at radius 1 is 1.13 bits per heavy atom. The molecule has 0 atom stereocenters. The number of fused-ring (bicyclic) bond motifs is 1. The van der Waals surface area contributed by atoms with Gasteiger partial charge in [-0.1, -0.05) is 34.6 Å². The van der Waals surface area contributed by atoms with Crippen molar-refractivity contribution in [2.75, 3.05) is 14.2 Å². The molecule has 0 unspecified atom stereocenters. The number of alkyl halides is 3. The molecule has 0 aliphatic rings. The zero-order chi connectivity index (χ0) is 23.6. The van der Waals surface area contributed by atoms with Gasteiger partial charge in [0.2, 0.25) is 10.5 Å². The number of aryl methyl sites for hydroxylation is 3. The van der Waals surface area contributed by atoms with Gasteiger partial charge in [0.25, 0.3) is 0 Å². The van der Waals surface area contributed by atoms with Crippen LogP contribution in [0.3, 0.4) is 0 Å². The molecule has 0 amide bonds. The molecule has 3 aromatic rings. The molecule has 0 saturated heterocycles. The fraction of sp³-hybridized carbons (Fsp3) is 0.350. The number of nitrogens with zero attached hydrogens (tertiary/aromatic N) is 1. The molecule has 170 valence electrons. The summed E-state index contributed by atoms with van der Waals surface area (Å²) in [6.45, 7) is 7.33. The van der Waals surface area contributed by atoms with E-state index in [1.165, 1.54) is 20.8 Å². The number of rotatable bonds is 4. The average Bonchev–Trinajstić information content (AvgIpc) is 3.03. The van der Waals surface area contributed by atoms with Crippen molar-refractivity contribution in [1.82, 2.24) is 0 Å².